The second kappa shape index (κ2) is 54.8. The standard InChI is InChI=1S/C72H139NO18/c1-3-5-7-9-11-13-15-17-19-21-23-25-27-29-31-33-35-37-39-41-43-45-47-49-56(77)55(73-60(78)50-48-46-44-42-40-38-36-34-32-30-28-26-24-22-20-18-16-14-12-10-8-6-4-2)54-86-70-66(84)63(81)68(58(52-75)88-70)91-72-67(85)64(82)69(59(53-76)89-72)90-71-65(83)62(80)61(79)57(51-74)87-71/h55-59,61-72,74-77,79-85H,3-54H2,1-2H3,(H,73,78). The van der Waals surface area contributed by atoms with E-state index in [1.807, 2.05) is 0 Å². The molecule has 0 aromatic rings. The van der Waals surface area contributed by atoms with E-state index in [-0.39, 0.29) is 18.9 Å². The minimum atomic E-state index is -1.97. The maximum Gasteiger partial charge on any atom is 0.220 e. The molecule has 17 unspecified atom stereocenters. The van der Waals surface area contributed by atoms with Crippen LogP contribution in [0.15, 0.2) is 0 Å². The summed E-state index contributed by atoms with van der Waals surface area (Å²) in [5.74, 6) is -0.234. The molecule has 0 aromatic heterocycles. The van der Waals surface area contributed by atoms with E-state index in [1.165, 1.54) is 244 Å². The number of hydrogen-bond acceptors (Lipinski definition) is 18. The zero-order valence-electron chi connectivity index (χ0n) is 57.4. The van der Waals surface area contributed by atoms with Gasteiger partial charge in [-0.05, 0) is 12.8 Å². The van der Waals surface area contributed by atoms with E-state index < -0.39 is 124 Å². The first kappa shape index (κ1) is 84.0. The van der Waals surface area contributed by atoms with Gasteiger partial charge < -0.3 is 89.9 Å². The number of ether oxygens (including phenoxy) is 6. The zero-order valence-corrected chi connectivity index (χ0v) is 57.4. The zero-order chi connectivity index (χ0) is 66.1. The van der Waals surface area contributed by atoms with Crippen molar-refractivity contribution >= 4 is 5.91 Å². The molecule has 3 fully saturated rings. The summed E-state index contributed by atoms with van der Waals surface area (Å²) < 4.78 is 34.5. The molecule has 3 rings (SSSR count). The van der Waals surface area contributed by atoms with Gasteiger partial charge in [0.2, 0.25) is 5.91 Å². The first-order chi connectivity index (χ1) is 44.3. The maximum absolute atomic E-state index is 13.5. The molecule has 0 spiro atoms. The summed E-state index contributed by atoms with van der Waals surface area (Å²) >= 11 is 0. The average molecular weight is 1310 g/mol. The Bertz CT molecular complexity index is 1650. The maximum atomic E-state index is 13.5. The molecule has 3 aliphatic rings. The van der Waals surface area contributed by atoms with Gasteiger partial charge in [-0.2, -0.15) is 0 Å². The van der Waals surface area contributed by atoms with E-state index in [1.54, 1.807) is 0 Å². The predicted octanol–water partition coefficient (Wildman–Crippen LogP) is 11.1. The highest BCUT2D eigenvalue weighted by Crippen LogP contribution is 2.33. The van der Waals surface area contributed by atoms with Crippen molar-refractivity contribution in [3.63, 3.8) is 0 Å². The minimum Gasteiger partial charge on any atom is -0.394 e. The number of carbonyl (C=O) groups excluding carboxylic acids is 1. The summed E-state index contributed by atoms with van der Waals surface area (Å²) in [6.07, 6.45) is 33.2. The van der Waals surface area contributed by atoms with Gasteiger partial charge in [0.25, 0.3) is 0 Å². The van der Waals surface area contributed by atoms with Crippen molar-refractivity contribution in [1.82, 2.24) is 5.32 Å². The van der Waals surface area contributed by atoms with Crippen LogP contribution in [0.3, 0.4) is 0 Å². The molecule has 3 saturated heterocycles. The van der Waals surface area contributed by atoms with Gasteiger partial charge in [-0.15, -0.1) is 0 Å². The van der Waals surface area contributed by atoms with E-state index in [0.717, 1.165) is 44.9 Å². The van der Waals surface area contributed by atoms with Crippen molar-refractivity contribution in [2.24, 2.45) is 0 Å². The lowest BCUT2D eigenvalue weighted by atomic mass is 9.96. The van der Waals surface area contributed by atoms with Crippen LogP contribution >= 0.6 is 0 Å². The summed E-state index contributed by atoms with van der Waals surface area (Å²) in [6.45, 7) is 1.86. The average Bonchev–Trinajstić information content (AvgIpc) is 0.883. The molecule has 91 heavy (non-hydrogen) atoms. The van der Waals surface area contributed by atoms with Crippen molar-refractivity contribution in [2.75, 3.05) is 26.4 Å². The van der Waals surface area contributed by atoms with Crippen LogP contribution in [0.2, 0.25) is 0 Å². The second-order valence-electron chi connectivity index (χ2n) is 27.5. The van der Waals surface area contributed by atoms with Gasteiger partial charge in [-0.25, -0.2) is 0 Å². The van der Waals surface area contributed by atoms with E-state index in [2.05, 4.69) is 19.2 Å². The minimum absolute atomic E-state index is 0.234. The van der Waals surface area contributed by atoms with Crippen LogP contribution in [0.25, 0.3) is 0 Å². The van der Waals surface area contributed by atoms with Crippen LogP contribution in [0, 0.1) is 0 Å². The first-order valence-electron chi connectivity index (χ1n) is 37.8. The Labute approximate surface area is 551 Å². The number of aliphatic hydroxyl groups excluding tert-OH is 11. The molecule has 19 heteroatoms. The summed E-state index contributed by atoms with van der Waals surface area (Å²) in [4.78, 5) is 13.5. The molecule has 17 atom stereocenters. The molecule has 0 bridgehead atoms. The fourth-order valence-electron chi connectivity index (χ4n) is 13.3. The molecule has 19 nitrogen and oxygen atoms in total. The number of amides is 1. The Morgan fingerprint density at radius 2 is 0.626 bits per heavy atom. The Balaban J connectivity index is 1.40. The SMILES string of the molecule is CCCCCCCCCCCCCCCCCCCCCCCCCC(=O)NC(COC1OC(CO)C(OC2OC(CO)C(OC3OC(CO)C(O)C(O)C3O)C(O)C2O)C(O)C1O)C(O)CCCCCCCCCCCCCCCCCCCCCCCCC. The van der Waals surface area contributed by atoms with Gasteiger partial charge in [0.15, 0.2) is 18.9 Å². The highest BCUT2D eigenvalue weighted by molar-refractivity contribution is 5.76. The fraction of sp³-hybridized carbons (Fsp3) is 0.986. The largest absolute Gasteiger partial charge is 0.394 e. The molecule has 1 amide bonds. The smallest absolute Gasteiger partial charge is 0.220 e. The molecule has 3 aliphatic heterocycles. The normalized spacial score (nSPS) is 27.8. The number of rotatable bonds is 60. The number of unbranched alkanes of at least 4 members (excludes halogenated alkanes) is 44. The molecule has 12 N–H and O–H groups in total. The van der Waals surface area contributed by atoms with Crippen LogP contribution in [0.1, 0.15) is 322 Å². The first-order valence-corrected chi connectivity index (χ1v) is 37.8. The molecular weight excluding hydrogens is 1170 g/mol. The molecule has 0 saturated carbocycles. The quantitative estimate of drug-likeness (QED) is 0.0252. The van der Waals surface area contributed by atoms with Crippen molar-refractivity contribution in [2.45, 2.75) is 426 Å². The lowest BCUT2D eigenvalue weighted by Gasteiger charge is -2.48. The van der Waals surface area contributed by atoms with Gasteiger partial charge in [-0.1, -0.05) is 303 Å². The third-order valence-corrected chi connectivity index (χ3v) is 19.4. The van der Waals surface area contributed by atoms with Gasteiger partial charge in [-0.3, -0.25) is 4.79 Å². The van der Waals surface area contributed by atoms with Gasteiger partial charge >= 0.3 is 0 Å². The molecule has 3 heterocycles. The number of carbonyl (C=O) groups is 1. The summed E-state index contributed by atoms with van der Waals surface area (Å²) in [7, 11) is 0. The molecule has 0 aliphatic carbocycles. The lowest BCUT2D eigenvalue weighted by molar-refractivity contribution is -0.379. The third-order valence-electron chi connectivity index (χ3n) is 19.4. The van der Waals surface area contributed by atoms with Gasteiger partial charge in [0.05, 0.1) is 38.6 Å². The summed E-state index contributed by atoms with van der Waals surface area (Å²) in [5, 5.41) is 121. The van der Waals surface area contributed by atoms with E-state index in [9.17, 15) is 61.0 Å². The van der Waals surface area contributed by atoms with Crippen molar-refractivity contribution < 1.29 is 89.4 Å². The van der Waals surface area contributed by atoms with Crippen molar-refractivity contribution in [3.8, 4) is 0 Å². The summed E-state index contributed by atoms with van der Waals surface area (Å²) in [5.41, 5.74) is 0. The monoisotopic (exact) mass is 1310 g/mol. The number of nitrogens with one attached hydrogen (secondary N) is 1. The number of hydrogen-bond donors (Lipinski definition) is 12. The van der Waals surface area contributed by atoms with Crippen molar-refractivity contribution in [1.29, 1.82) is 0 Å². The van der Waals surface area contributed by atoms with E-state index in [0.29, 0.717) is 12.8 Å². The Kier molecular flexibility index (Phi) is 50.6. The van der Waals surface area contributed by atoms with Crippen LogP contribution in [0.5, 0.6) is 0 Å². The fourth-order valence-corrected chi connectivity index (χ4v) is 13.3. The Hall–Kier alpha value is -1.21. The summed E-state index contributed by atoms with van der Waals surface area (Å²) in [6, 6.07) is -0.882. The van der Waals surface area contributed by atoms with Crippen LogP contribution in [-0.2, 0) is 33.2 Å². The molecule has 0 radical (unpaired) electrons. The molecule has 540 valence electrons. The highest BCUT2D eigenvalue weighted by Gasteiger charge is 2.53. The Morgan fingerprint density at radius 3 is 0.956 bits per heavy atom. The Morgan fingerprint density at radius 1 is 0.352 bits per heavy atom. The third kappa shape index (κ3) is 36.3. The van der Waals surface area contributed by atoms with Gasteiger partial charge in [0, 0.05) is 6.42 Å². The van der Waals surface area contributed by atoms with Crippen LogP contribution in [0.4, 0.5) is 0 Å². The van der Waals surface area contributed by atoms with Crippen LogP contribution in [-0.4, -0.2) is 193 Å². The highest BCUT2D eigenvalue weighted by atomic mass is 16.8. The molecular formula is C72H139NO18. The van der Waals surface area contributed by atoms with Gasteiger partial charge in [0.1, 0.15) is 73.2 Å². The topological polar surface area (TPSA) is 307 Å². The molecule has 0 aromatic carbocycles. The van der Waals surface area contributed by atoms with E-state index in [4.69, 9.17) is 28.4 Å². The van der Waals surface area contributed by atoms with E-state index >= 15 is 0 Å². The lowest BCUT2D eigenvalue weighted by Crippen LogP contribution is -2.66. The second-order valence-corrected chi connectivity index (χ2v) is 27.5. The van der Waals surface area contributed by atoms with Crippen molar-refractivity contribution in [3.05, 3.63) is 0 Å². The number of aliphatic hydroxyl groups is 11. The predicted molar refractivity (Wildman–Crippen MR) is 356 cm³/mol. The van der Waals surface area contributed by atoms with Crippen LogP contribution < -0.4 is 5.32 Å².